The van der Waals surface area contributed by atoms with Gasteiger partial charge in [0.05, 0.1) is 0 Å². The maximum atomic E-state index is 6.58. The fourth-order valence-corrected chi connectivity index (χ4v) is 4.97. The molecule has 0 amide bonds. The van der Waals surface area contributed by atoms with Gasteiger partial charge in [-0.3, -0.25) is 0 Å². The third-order valence-corrected chi connectivity index (χ3v) is 6.79. The fourth-order valence-electron chi connectivity index (χ4n) is 4.73. The van der Waals surface area contributed by atoms with E-state index in [2.05, 4.69) is 30.3 Å². The molecule has 38 heavy (non-hydrogen) atoms. The van der Waals surface area contributed by atoms with Gasteiger partial charge in [0.1, 0.15) is 11.2 Å². The summed E-state index contributed by atoms with van der Waals surface area (Å²) in [6.07, 6.45) is 0. The van der Waals surface area contributed by atoms with Crippen molar-refractivity contribution >= 4 is 33.5 Å². The van der Waals surface area contributed by atoms with Crippen LogP contribution in [0.1, 0.15) is 0 Å². The van der Waals surface area contributed by atoms with Gasteiger partial charge in [0.15, 0.2) is 17.5 Å². The van der Waals surface area contributed by atoms with E-state index in [1.165, 1.54) is 0 Å². The van der Waals surface area contributed by atoms with E-state index in [9.17, 15) is 0 Å². The normalized spacial score (nSPS) is 11.3. The van der Waals surface area contributed by atoms with Crippen molar-refractivity contribution in [3.05, 3.63) is 126 Å². The Hall–Kier alpha value is -4.80. The van der Waals surface area contributed by atoms with Crippen molar-refractivity contribution in [3.8, 4) is 45.3 Å². The number of para-hydroxylation sites is 1. The van der Waals surface area contributed by atoms with E-state index < -0.39 is 0 Å². The van der Waals surface area contributed by atoms with Crippen LogP contribution in [0.2, 0.25) is 5.02 Å². The van der Waals surface area contributed by atoms with E-state index >= 15 is 0 Å². The van der Waals surface area contributed by atoms with E-state index in [0.29, 0.717) is 22.5 Å². The molecule has 0 atom stereocenters. The summed E-state index contributed by atoms with van der Waals surface area (Å²) in [6, 6.07) is 40.1. The van der Waals surface area contributed by atoms with Crippen LogP contribution in [-0.4, -0.2) is 15.0 Å². The van der Waals surface area contributed by atoms with E-state index in [4.69, 9.17) is 31.0 Å². The predicted octanol–water partition coefficient (Wildman–Crippen LogP) is 9.09. The lowest BCUT2D eigenvalue weighted by molar-refractivity contribution is 0.669. The Bertz CT molecular complexity index is 1930. The van der Waals surface area contributed by atoms with Crippen LogP contribution in [-0.2, 0) is 0 Å². The number of benzene rings is 5. The summed E-state index contributed by atoms with van der Waals surface area (Å²) in [5.41, 5.74) is 6.30. The molecule has 180 valence electrons. The molecule has 0 saturated carbocycles. The van der Waals surface area contributed by atoms with Gasteiger partial charge < -0.3 is 4.42 Å². The predicted molar refractivity (Wildman–Crippen MR) is 154 cm³/mol. The lowest BCUT2D eigenvalue weighted by Crippen LogP contribution is -2.00. The van der Waals surface area contributed by atoms with Crippen LogP contribution >= 0.6 is 11.6 Å². The van der Waals surface area contributed by atoms with Gasteiger partial charge in [-0.25, -0.2) is 15.0 Å². The number of furan rings is 1. The van der Waals surface area contributed by atoms with Gasteiger partial charge in [-0.2, -0.15) is 0 Å². The molecule has 2 aromatic heterocycles. The first-order valence-electron chi connectivity index (χ1n) is 12.3. The van der Waals surface area contributed by atoms with Gasteiger partial charge in [0.25, 0.3) is 0 Å². The highest BCUT2D eigenvalue weighted by atomic mass is 35.5. The molecule has 0 bridgehead atoms. The summed E-state index contributed by atoms with van der Waals surface area (Å²) in [5.74, 6) is 1.72. The number of rotatable bonds is 4. The molecule has 4 nitrogen and oxygen atoms in total. The minimum absolute atomic E-state index is 0.554. The zero-order valence-electron chi connectivity index (χ0n) is 20.2. The van der Waals surface area contributed by atoms with E-state index in [0.717, 1.165) is 49.8 Å². The highest BCUT2D eigenvalue weighted by molar-refractivity contribution is 6.31. The van der Waals surface area contributed by atoms with Crippen molar-refractivity contribution in [1.29, 1.82) is 0 Å². The average molecular weight is 510 g/mol. The third kappa shape index (κ3) is 4.11. The van der Waals surface area contributed by atoms with Crippen molar-refractivity contribution in [2.45, 2.75) is 0 Å². The standard InChI is InChI=1S/C33H20ClN3O/c34-26-18-24(21-9-3-1-4-10-21)17-25(19-26)33-36-31(22-11-5-2-6-12-22)35-32(37-33)23-15-16-28-27-13-7-8-14-29(27)38-30(28)20-23/h1-20H. The zero-order valence-corrected chi connectivity index (χ0v) is 20.9. The van der Waals surface area contributed by atoms with Gasteiger partial charge in [-0.15, -0.1) is 0 Å². The van der Waals surface area contributed by atoms with Crippen LogP contribution in [0, 0.1) is 0 Å². The smallest absolute Gasteiger partial charge is 0.164 e. The van der Waals surface area contributed by atoms with Crippen molar-refractivity contribution in [3.63, 3.8) is 0 Å². The van der Waals surface area contributed by atoms with Crippen LogP contribution in [0.15, 0.2) is 126 Å². The van der Waals surface area contributed by atoms with Crippen LogP contribution < -0.4 is 0 Å². The van der Waals surface area contributed by atoms with Gasteiger partial charge >= 0.3 is 0 Å². The Balaban J connectivity index is 1.42. The molecule has 5 heteroatoms. The summed E-state index contributed by atoms with van der Waals surface area (Å²) < 4.78 is 6.14. The van der Waals surface area contributed by atoms with Crippen LogP contribution in [0.25, 0.3) is 67.2 Å². The Kier molecular flexibility index (Phi) is 5.46. The molecule has 0 fully saturated rings. The Labute approximate surface area is 224 Å². The summed E-state index contributed by atoms with van der Waals surface area (Å²) in [5, 5.41) is 2.76. The largest absolute Gasteiger partial charge is 0.456 e. The molecule has 0 aliphatic carbocycles. The number of halogens is 1. The molecule has 0 spiro atoms. The number of nitrogens with zero attached hydrogens (tertiary/aromatic N) is 3. The second-order valence-corrected chi connectivity index (χ2v) is 9.51. The Morgan fingerprint density at radius 2 is 1.00 bits per heavy atom. The monoisotopic (exact) mass is 509 g/mol. The first-order chi connectivity index (χ1) is 18.7. The molecular formula is C33H20ClN3O. The third-order valence-electron chi connectivity index (χ3n) is 6.57. The topological polar surface area (TPSA) is 51.8 Å². The minimum Gasteiger partial charge on any atom is -0.456 e. The quantitative estimate of drug-likeness (QED) is 0.237. The zero-order chi connectivity index (χ0) is 25.5. The molecule has 7 rings (SSSR count). The lowest BCUT2D eigenvalue weighted by Gasteiger charge is -2.10. The van der Waals surface area contributed by atoms with Gasteiger partial charge in [-0.05, 0) is 47.5 Å². The van der Waals surface area contributed by atoms with Gasteiger partial charge in [-0.1, -0.05) is 96.5 Å². The molecule has 0 saturated heterocycles. The summed E-state index contributed by atoms with van der Waals surface area (Å²) in [4.78, 5) is 14.6. The maximum absolute atomic E-state index is 6.58. The highest BCUT2D eigenvalue weighted by Gasteiger charge is 2.15. The molecule has 5 aromatic carbocycles. The van der Waals surface area contributed by atoms with Crippen molar-refractivity contribution in [2.24, 2.45) is 0 Å². The second-order valence-electron chi connectivity index (χ2n) is 9.08. The molecule has 0 unspecified atom stereocenters. The summed E-state index contributed by atoms with van der Waals surface area (Å²) in [7, 11) is 0. The molecule has 2 heterocycles. The van der Waals surface area contributed by atoms with Gasteiger partial charge in [0.2, 0.25) is 0 Å². The molecule has 0 N–H and O–H groups in total. The van der Waals surface area contributed by atoms with Gasteiger partial charge in [0, 0.05) is 32.5 Å². The van der Waals surface area contributed by atoms with Crippen LogP contribution in [0.3, 0.4) is 0 Å². The minimum atomic E-state index is 0.554. The fraction of sp³-hybridized carbons (Fsp3) is 0. The van der Waals surface area contributed by atoms with Crippen molar-refractivity contribution in [2.75, 3.05) is 0 Å². The second kappa shape index (κ2) is 9.25. The first kappa shape index (κ1) is 22.4. The molecular weight excluding hydrogens is 490 g/mol. The first-order valence-corrected chi connectivity index (χ1v) is 12.7. The average Bonchev–Trinajstić information content (AvgIpc) is 3.35. The highest BCUT2D eigenvalue weighted by Crippen LogP contribution is 2.34. The number of hydrogen-bond acceptors (Lipinski definition) is 4. The summed E-state index contributed by atoms with van der Waals surface area (Å²) in [6.45, 7) is 0. The van der Waals surface area contributed by atoms with Crippen molar-refractivity contribution < 1.29 is 4.42 Å². The maximum Gasteiger partial charge on any atom is 0.164 e. The number of hydrogen-bond donors (Lipinski definition) is 0. The number of fused-ring (bicyclic) bond motifs is 3. The molecule has 0 radical (unpaired) electrons. The Morgan fingerprint density at radius 3 is 1.76 bits per heavy atom. The van der Waals surface area contributed by atoms with Crippen LogP contribution in [0.4, 0.5) is 0 Å². The van der Waals surface area contributed by atoms with E-state index in [-0.39, 0.29) is 0 Å². The van der Waals surface area contributed by atoms with Crippen LogP contribution in [0.5, 0.6) is 0 Å². The summed E-state index contributed by atoms with van der Waals surface area (Å²) >= 11 is 6.58. The Morgan fingerprint density at radius 1 is 0.421 bits per heavy atom. The molecule has 7 aromatic rings. The van der Waals surface area contributed by atoms with E-state index in [1.54, 1.807) is 0 Å². The molecule has 0 aliphatic rings. The number of aromatic nitrogens is 3. The lowest BCUT2D eigenvalue weighted by atomic mass is 10.0. The molecule has 0 aliphatic heterocycles. The van der Waals surface area contributed by atoms with Crippen molar-refractivity contribution in [1.82, 2.24) is 15.0 Å². The SMILES string of the molecule is Clc1cc(-c2ccccc2)cc(-c2nc(-c3ccccc3)nc(-c3ccc4c(c3)oc3ccccc34)n2)c1. The van der Waals surface area contributed by atoms with E-state index in [1.807, 2.05) is 91.0 Å².